The first-order valence-electron chi connectivity index (χ1n) is 3.09. The summed E-state index contributed by atoms with van der Waals surface area (Å²) in [6.07, 6.45) is 0. The zero-order valence-electron chi connectivity index (χ0n) is 6.03. The monoisotopic (exact) mass is 334 g/mol. The molecule has 0 atom stereocenters. The molecule has 1 aromatic rings. The standard InChI is InChI=1S/C7H3Br2ClF2O/c8-4-1-2-6(5(10)3-4)13-7(9,11)12/h1-3H. The van der Waals surface area contributed by atoms with Gasteiger partial charge in [-0.15, -0.1) is 0 Å². The van der Waals surface area contributed by atoms with Gasteiger partial charge in [0.1, 0.15) is 5.75 Å². The molecule has 1 aromatic carbocycles. The Kier molecular flexibility index (Phi) is 3.54. The van der Waals surface area contributed by atoms with E-state index >= 15 is 0 Å². The Labute approximate surface area is 95.3 Å². The highest BCUT2D eigenvalue weighted by molar-refractivity contribution is 9.10. The van der Waals surface area contributed by atoms with Gasteiger partial charge in [-0.2, -0.15) is 8.78 Å². The van der Waals surface area contributed by atoms with Gasteiger partial charge in [0.25, 0.3) is 0 Å². The van der Waals surface area contributed by atoms with Crippen molar-refractivity contribution < 1.29 is 13.5 Å². The maximum atomic E-state index is 12.3. The van der Waals surface area contributed by atoms with Gasteiger partial charge in [-0.1, -0.05) is 27.5 Å². The molecule has 0 amide bonds. The van der Waals surface area contributed by atoms with E-state index in [2.05, 4.69) is 20.7 Å². The van der Waals surface area contributed by atoms with Crippen LogP contribution in [0.4, 0.5) is 8.78 Å². The van der Waals surface area contributed by atoms with Crippen LogP contribution in [0, 0.1) is 0 Å². The summed E-state index contributed by atoms with van der Waals surface area (Å²) in [6, 6.07) is 4.37. The summed E-state index contributed by atoms with van der Waals surface area (Å²) in [4.78, 5) is 0. The molecule has 6 heteroatoms. The largest absolute Gasteiger partial charge is 0.459 e. The van der Waals surface area contributed by atoms with Crippen LogP contribution in [-0.4, -0.2) is 5.02 Å². The van der Waals surface area contributed by atoms with Gasteiger partial charge in [-0.05, 0) is 18.2 Å². The number of ether oxygens (including phenoxy) is 1. The summed E-state index contributed by atoms with van der Waals surface area (Å²) < 4.78 is 29.5. The van der Waals surface area contributed by atoms with Gasteiger partial charge in [-0.3, -0.25) is 0 Å². The van der Waals surface area contributed by atoms with Crippen LogP contribution in [0.5, 0.6) is 5.75 Å². The van der Waals surface area contributed by atoms with Gasteiger partial charge >= 0.3 is 5.02 Å². The summed E-state index contributed by atoms with van der Waals surface area (Å²) in [5, 5.41) is -3.28. The first kappa shape index (κ1) is 11.2. The highest BCUT2D eigenvalue weighted by atomic mass is 79.9. The average Bonchev–Trinajstić information content (AvgIpc) is 1.93. The molecule has 0 saturated carbocycles. The van der Waals surface area contributed by atoms with Gasteiger partial charge in [-0.25, -0.2) is 0 Å². The van der Waals surface area contributed by atoms with Crippen LogP contribution in [0.2, 0.25) is 5.02 Å². The molecule has 1 nitrogen and oxygen atoms in total. The van der Waals surface area contributed by atoms with Crippen LogP contribution in [0.1, 0.15) is 0 Å². The normalized spacial score (nSPS) is 11.5. The molecular formula is C7H3Br2ClF2O. The minimum absolute atomic E-state index is 0.0771. The Morgan fingerprint density at radius 1 is 1.38 bits per heavy atom. The van der Waals surface area contributed by atoms with Crippen molar-refractivity contribution in [1.29, 1.82) is 0 Å². The molecule has 13 heavy (non-hydrogen) atoms. The lowest BCUT2D eigenvalue weighted by Crippen LogP contribution is -2.14. The van der Waals surface area contributed by atoms with Crippen LogP contribution >= 0.6 is 43.5 Å². The summed E-state index contributed by atoms with van der Waals surface area (Å²) in [7, 11) is 0. The van der Waals surface area contributed by atoms with E-state index in [9.17, 15) is 8.78 Å². The summed E-state index contributed by atoms with van der Waals surface area (Å²) in [5.74, 6) is -0.0771. The summed E-state index contributed by atoms with van der Waals surface area (Å²) in [6.45, 7) is 0. The number of alkyl halides is 3. The van der Waals surface area contributed by atoms with Gasteiger partial charge in [0.05, 0.1) is 5.02 Å². The third-order valence-electron chi connectivity index (χ3n) is 1.12. The van der Waals surface area contributed by atoms with Crippen molar-refractivity contribution in [2.75, 3.05) is 0 Å². The molecule has 0 saturated heterocycles. The Bertz CT molecular complexity index is 314. The summed E-state index contributed by atoms with van der Waals surface area (Å²) in [5.41, 5.74) is 0. The third-order valence-corrected chi connectivity index (χ3v) is 2.07. The first-order valence-corrected chi connectivity index (χ1v) is 5.06. The van der Waals surface area contributed by atoms with Crippen LogP contribution in [0.15, 0.2) is 22.7 Å². The van der Waals surface area contributed by atoms with E-state index in [1.807, 2.05) is 15.9 Å². The summed E-state index contributed by atoms with van der Waals surface area (Å²) >= 11 is 10.8. The van der Waals surface area contributed by atoms with Crippen molar-refractivity contribution in [3.63, 3.8) is 0 Å². The molecule has 0 unspecified atom stereocenters. The number of rotatable bonds is 2. The molecule has 0 spiro atoms. The fourth-order valence-corrected chi connectivity index (χ4v) is 1.57. The number of halogens is 5. The van der Waals surface area contributed by atoms with Crippen molar-refractivity contribution in [3.05, 3.63) is 27.7 Å². The highest BCUT2D eigenvalue weighted by Gasteiger charge is 2.27. The quantitative estimate of drug-likeness (QED) is 0.726. The molecule has 0 aliphatic carbocycles. The number of hydrogen-bond acceptors (Lipinski definition) is 1. The van der Waals surface area contributed by atoms with Crippen molar-refractivity contribution in [2.45, 2.75) is 5.02 Å². The van der Waals surface area contributed by atoms with Gasteiger partial charge < -0.3 is 4.74 Å². The van der Waals surface area contributed by atoms with Crippen LogP contribution < -0.4 is 4.74 Å². The molecule has 1 rings (SSSR count). The van der Waals surface area contributed by atoms with E-state index in [0.29, 0.717) is 4.47 Å². The zero-order valence-corrected chi connectivity index (χ0v) is 9.96. The lowest BCUT2D eigenvalue weighted by molar-refractivity contribution is -0.0802. The Hall–Kier alpha value is 0.130. The first-order chi connectivity index (χ1) is 5.88. The SMILES string of the molecule is FC(F)(Br)Oc1ccc(Br)cc1Cl. The number of hydrogen-bond donors (Lipinski definition) is 0. The van der Waals surface area contributed by atoms with Gasteiger partial charge in [0.15, 0.2) is 0 Å². The van der Waals surface area contributed by atoms with Crippen molar-refractivity contribution >= 4 is 43.5 Å². The van der Waals surface area contributed by atoms with Crippen LogP contribution in [0.3, 0.4) is 0 Å². The fourth-order valence-electron chi connectivity index (χ4n) is 0.683. The molecule has 72 valence electrons. The predicted molar refractivity (Wildman–Crippen MR) is 53.7 cm³/mol. The molecule has 0 bridgehead atoms. The average molecular weight is 336 g/mol. The van der Waals surface area contributed by atoms with Crippen molar-refractivity contribution in [1.82, 2.24) is 0 Å². The highest BCUT2D eigenvalue weighted by Crippen LogP contribution is 2.33. The second-order valence-corrected chi connectivity index (χ2v) is 4.37. The minimum Gasteiger partial charge on any atom is -0.422 e. The number of benzene rings is 1. The molecule has 0 heterocycles. The minimum atomic E-state index is -3.40. The van der Waals surface area contributed by atoms with Gasteiger partial charge in [0.2, 0.25) is 0 Å². The molecule has 0 N–H and O–H groups in total. The Balaban J connectivity index is 2.90. The van der Waals surface area contributed by atoms with E-state index in [4.69, 9.17) is 11.6 Å². The molecule has 0 aliphatic rings. The molecular weight excluding hydrogens is 333 g/mol. The third kappa shape index (κ3) is 3.79. The molecule has 0 fully saturated rings. The maximum Gasteiger partial charge on any atom is 0.459 e. The van der Waals surface area contributed by atoms with Crippen LogP contribution in [-0.2, 0) is 0 Å². The fraction of sp³-hybridized carbons (Fsp3) is 0.143. The lowest BCUT2D eigenvalue weighted by Gasteiger charge is -2.12. The lowest BCUT2D eigenvalue weighted by atomic mass is 10.3. The Morgan fingerprint density at radius 2 is 2.00 bits per heavy atom. The maximum absolute atomic E-state index is 12.3. The van der Waals surface area contributed by atoms with Crippen LogP contribution in [0.25, 0.3) is 0 Å². The zero-order chi connectivity index (χ0) is 10.1. The second-order valence-electron chi connectivity index (χ2n) is 2.12. The van der Waals surface area contributed by atoms with E-state index in [0.717, 1.165) is 0 Å². The van der Waals surface area contributed by atoms with E-state index in [-0.39, 0.29) is 10.8 Å². The molecule has 0 aliphatic heterocycles. The second kappa shape index (κ2) is 4.11. The van der Waals surface area contributed by atoms with Gasteiger partial charge in [0, 0.05) is 20.4 Å². The molecule has 0 aromatic heterocycles. The topological polar surface area (TPSA) is 9.23 Å². The van der Waals surface area contributed by atoms with Crippen molar-refractivity contribution in [3.8, 4) is 5.75 Å². The van der Waals surface area contributed by atoms with E-state index in [1.54, 1.807) is 6.07 Å². The Morgan fingerprint density at radius 3 is 2.46 bits per heavy atom. The van der Waals surface area contributed by atoms with Crippen molar-refractivity contribution in [2.24, 2.45) is 0 Å². The van der Waals surface area contributed by atoms with E-state index < -0.39 is 5.02 Å². The molecule has 0 radical (unpaired) electrons. The smallest absolute Gasteiger partial charge is 0.422 e. The van der Waals surface area contributed by atoms with E-state index in [1.165, 1.54) is 12.1 Å². The predicted octanol–water partition coefficient (Wildman–Crippen LogP) is 4.43.